The van der Waals surface area contributed by atoms with E-state index < -0.39 is 27.8 Å². The number of alkyl halides is 3. The zero-order chi connectivity index (χ0) is 24.1. The molecule has 4 rings (SSSR count). The van der Waals surface area contributed by atoms with Gasteiger partial charge in [0.05, 0.1) is 5.69 Å². The van der Waals surface area contributed by atoms with Crippen LogP contribution in [0.15, 0.2) is 23.2 Å². The van der Waals surface area contributed by atoms with Gasteiger partial charge in [-0.25, -0.2) is 17.9 Å². The molecular weight excluding hydrogens is 463 g/mol. The average Bonchev–Trinajstić information content (AvgIpc) is 3.35. The number of carbonyl (C=O) groups is 1. The SMILES string of the molecule is CCn1cc(S(=O)(=O)N2CCN(C(=O)c3cc4nc(C)cc(C(F)(F)F)n4n3)CC2)c(C)n1. The van der Waals surface area contributed by atoms with Gasteiger partial charge >= 0.3 is 6.18 Å². The van der Waals surface area contributed by atoms with Crippen LogP contribution < -0.4 is 0 Å². The Kier molecular flexibility index (Phi) is 5.68. The van der Waals surface area contributed by atoms with Crippen molar-refractivity contribution in [2.24, 2.45) is 0 Å². The largest absolute Gasteiger partial charge is 0.433 e. The van der Waals surface area contributed by atoms with Crippen molar-refractivity contribution < 1.29 is 26.4 Å². The molecule has 0 unspecified atom stereocenters. The predicted octanol–water partition coefficient (Wildman–Crippen LogP) is 1.73. The zero-order valence-corrected chi connectivity index (χ0v) is 19.0. The Morgan fingerprint density at radius 3 is 2.33 bits per heavy atom. The van der Waals surface area contributed by atoms with E-state index in [1.54, 1.807) is 6.92 Å². The highest BCUT2D eigenvalue weighted by Gasteiger charge is 2.36. The third-order valence-electron chi connectivity index (χ3n) is 5.43. The number of rotatable bonds is 4. The fourth-order valence-electron chi connectivity index (χ4n) is 3.75. The lowest BCUT2D eigenvalue weighted by atomic mass is 10.3. The average molecular weight is 485 g/mol. The molecule has 1 saturated heterocycles. The van der Waals surface area contributed by atoms with Crippen molar-refractivity contribution in [1.29, 1.82) is 0 Å². The van der Waals surface area contributed by atoms with Crippen molar-refractivity contribution >= 4 is 21.6 Å². The van der Waals surface area contributed by atoms with Crippen LogP contribution in [0.3, 0.4) is 0 Å². The summed E-state index contributed by atoms with van der Waals surface area (Å²) in [6.07, 6.45) is -3.19. The Labute approximate surface area is 187 Å². The molecule has 33 heavy (non-hydrogen) atoms. The summed E-state index contributed by atoms with van der Waals surface area (Å²) >= 11 is 0. The van der Waals surface area contributed by atoms with Crippen LogP contribution in [0.1, 0.15) is 34.5 Å². The number of aryl methyl sites for hydroxylation is 3. The van der Waals surface area contributed by atoms with Gasteiger partial charge in [-0.2, -0.15) is 27.7 Å². The second-order valence-corrected chi connectivity index (χ2v) is 9.62. The van der Waals surface area contributed by atoms with Crippen molar-refractivity contribution in [3.05, 3.63) is 41.1 Å². The molecule has 1 aliphatic heterocycles. The summed E-state index contributed by atoms with van der Waals surface area (Å²) < 4.78 is 69.5. The van der Waals surface area contributed by atoms with E-state index in [1.807, 2.05) is 6.92 Å². The molecule has 0 aliphatic carbocycles. The molecule has 0 saturated carbocycles. The van der Waals surface area contributed by atoms with Gasteiger partial charge in [-0.1, -0.05) is 0 Å². The zero-order valence-electron chi connectivity index (χ0n) is 18.2. The first-order valence-electron chi connectivity index (χ1n) is 10.2. The number of sulfonamides is 1. The quantitative estimate of drug-likeness (QED) is 0.557. The highest BCUT2D eigenvalue weighted by Crippen LogP contribution is 2.30. The van der Waals surface area contributed by atoms with E-state index in [0.717, 1.165) is 6.07 Å². The van der Waals surface area contributed by atoms with Gasteiger partial charge in [-0.05, 0) is 26.8 Å². The van der Waals surface area contributed by atoms with E-state index >= 15 is 0 Å². The molecule has 0 N–H and O–H groups in total. The van der Waals surface area contributed by atoms with Gasteiger partial charge in [-0.3, -0.25) is 9.48 Å². The van der Waals surface area contributed by atoms with Crippen molar-refractivity contribution in [1.82, 2.24) is 33.6 Å². The van der Waals surface area contributed by atoms with Crippen LogP contribution in [0.5, 0.6) is 0 Å². The summed E-state index contributed by atoms with van der Waals surface area (Å²) in [5, 5.41) is 8.01. The van der Waals surface area contributed by atoms with Crippen LogP contribution in [0.25, 0.3) is 5.65 Å². The normalized spacial score (nSPS) is 16.0. The minimum absolute atomic E-state index is 0.0450. The van der Waals surface area contributed by atoms with Crippen LogP contribution in [0.4, 0.5) is 13.2 Å². The van der Waals surface area contributed by atoms with Crippen molar-refractivity contribution in [2.75, 3.05) is 26.2 Å². The topological polar surface area (TPSA) is 106 Å². The van der Waals surface area contributed by atoms with Gasteiger partial charge in [-0.15, -0.1) is 0 Å². The first-order valence-corrected chi connectivity index (χ1v) is 11.6. The maximum Gasteiger partial charge on any atom is 0.433 e. The van der Waals surface area contributed by atoms with E-state index in [-0.39, 0.29) is 48.1 Å². The molecule has 0 aromatic carbocycles. The van der Waals surface area contributed by atoms with Crippen LogP contribution in [0, 0.1) is 13.8 Å². The highest BCUT2D eigenvalue weighted by atomic mass is 32.2. The molecule has 1 aliphatic rings. The molecule has 178 valence electrons. The minimum Gasteiger partial charge on any atom is -0.335 e. The lowest BCUT2D eigenvalue weighted by Gasteiger charge is -2.33. The standard InChI is InChI=1S/C19H22F3N7O3S/c1-4-27-11-15(13(3)24-27)33(31,32)28-7-5-26(6-8-28)18(30)14-10-17-23-12(2)9-16(19(20,21)22)29(17)25-14/h9-11H,4-8H2,1-3H3. The molecule has 0 bridgehead atoms. The predicted molar refractivity (Wildman–Crippen MR) is 110 cm³/mol. The van der Waals surface area contributed by atoms with Gasteiger partial charge in [0, 0.05) is 50.7 Å². The number of hydrogen-bond acceptors (Lipinski definition) is 6. The number of carbonyl (C=O) groups excluding carboxylic acids is 1. The van der Waals surface area contributed by atoms with E-state index in [9.17, 15) is 26.4 Å². The second-order valence-electron chi connectivity index (χ2n) is 7.71. The fraction of sp³-hybridized carbons (Fsp3) is 0.474. The molecule has 10 nitrogen and oxygen atoms in total. The molecule has 1 fully saturated rings. The van der Waals surface area contributed by atoms with E-state index in [1.165, 1.54) is 33.1 Å². The van der Waals surface area contributed by atoms with E-state index in [4.69, 9.17) is 0 Å². The van der Waals surface area contributed by atoms with Gasteiger partial charge in [0.15, 0.2) is 11.3 Å². The lowest BCUT2D eigenvalue weighted by molar-refractivity contribution is -0.142. The summed E-state index contributed by atoms with van der Waals surface area (Å²) in [5.74, 6) is -0.585. The highest BCUT2D eigenvalue weighted by molar-refractivity contribution is 7.89. The van der Waals surface area contributed by atoms with Crippen LogP contribution in [0.2, 0.25) is 0 Å². The van der Waals surface area contributed by atoms with Gasteiger partial charge in [0.2, 0.25) is 10.0 Å². The summed E-state index contributed by atoms with van der Waals surface area (Å²) in [7, 11) is -3.79. The van der Waals surface area contributed by atoms with Crippen LogP contribution in [-0.2, 0) is 22.7 Å². The molecule has 0 spiro atoms. The Bertz CT molecular complexity index is 1320. The third kappa shape index (κ3) is 4.19. The lowest BCUT2D eigenvalue weighted by Crippen LogP contribution is -2.50. The number of halogens is 3. The smallest absolute Gasteiger partial charge is 0.335 e. The maximum absolute atomic E-state index is 13.4. The summed E-state index contributed by atoms with van der Waals surface area (Å²) in [6.45, 7) is 5.66. The molecule has 1 amide bonds. The fourth-order valence-corrected chi connectivity index (χ4v) is 5.35. The van der Waals surface area contributed by atoms with Crippen LogP contribution in [-0.4, -0.2) is 74.1 Å². The molecule has 4 heterocycles. The van der Waals surface area contributed by atoms with E-state index in [2.05, 4.69) is 15.2 Å². The molecule has 0 atom stereocenters. The molecule has 3 aromatic heterocycles. The van der Waals surface area contributed by atoms with Crippen molar-refractivity contribution in [3.8, 4) is 0 Å². The minimum atomic E-state index is -4.66. The maximum atomic E-state index is 13.4. The van der Waals surface area contributed by atoms with E-state index in [0.29, 0.717) is 16.8 Å². The second kappa shape index (κ2) is 8.09. The first kappa shape index (κ1) is 23.2. The Morgan fingerprint density at radius 2 is 1.76 bits per heavy atom. The Balaban J connectivity index is 1.53. The van der Waals surface area contributed by atoms with Gasteiger partial charge in [0.1, 0.15) is 10.6 Å². The molecule has 14 heteroatoms. The summed E-state index contributed by atoms with van der Waals surface area (Å²) in [4.78, 5) is 18.4. The van der Waals surface area contributed by atoms with Crippen molar-refractivity contribution in [3.63, 3.8) is 0 Å². The van der Waals surface area contributed by atoms with Gasteiger partial charge < -0.3 is 4.90 Å². The Hall–Kier alpha value is -3.00. The number of fused-ring (bicyclic) bond motifs is 1. The number of hydrogen-bond donors (Lipinski definition) is 0. The van der Waals surface area contributed by atoms with Crippen molar-refractivity contribution in [2.45, 2.75) is 38.4 Å². The number of piperazine rings is 1. The number of aromatic nitrogens is 5. The van der Waals surface area contributed by atoms with Crippen LogP contribution >= 0.6 is 0 Å². The summed E-state index contributed by atoms with van der Waals surface area (Å²) in [6, 6.07) is 2.07. The number of amides is 1. The van der Waals surface area contributed by atoms with Gasteiger partial charge in [0.25, 0.3) is 5.91 Å². The summed E-state index contributed by atoms with van der Waals surface area (Å²) in [5.41, 5.74) is -0.759. The third-order valence-corrected chi connectivity index (χ3v) is 7.44. The molecular formula is C19H22F3N7O3S. The monoisotopic (exact) mass is 485 g/mol. The first-order chi connectivity index (χ1) is 15.4. The molecule has 3 aromatic rings. The number of nitrogens with zero attached hydrogens (tertiary/aromatic N) is 7. The Morgan fingerprint density at radius 1 is 1.09 bits per heavy atom. The molecule has 0 radical (unpaired) electrons.